The molecule has 0 unspecified atom stereocenters. The third-order valence-electron chi connectivity index (χ3n) is 4.45. The summed E-state index contributed by atoms with van der Waals surface area (Å²) >= 11 is 7.43. The van der Waals surface area contributed by atoms with Gasteiger partial charge >= 0.3 is 5.97 Å². The first-order chi connectivity index (χ1) is 14.2. The second-order valence-electron chi connectivity index (χ2n) is 6.45. The van der Waals surface area contributed by atoms with Crippen molar-refractivity contribution in [2.24, 2.45) is 4.99 Å². The van der Waals surface area contributed by atoms with E-state index in [2.05, 4.69) is 4.99 Å². The molecule has 0 saturated heterocycles. The first-order valence-electron chi connectivity index (χ1n) is 8.93. The molecule has 1 amide bonds. The molecule has 0 fully saturated rings. The Morgan fingerprint density at radius 1 is 1.17 bits per heavy atom. The predicted molar refractivity (Wildman–Crippen MR) is 115 cm³/mol. The van der Waals surface area contributed by atoms with E-state index in [9.17, 15) is 18.0 Å². The molecule has 0 bridgehead atoms. The van der Waals surface area contributed by atoms with Crippen LogP contribution in [0.15, 0.2) is 52.4 Å². The van der Waals surface area contributed by atoms with Crippen molar-refractivity contribution < 1.29 is 22.7 Å². The van der Waals surface area contributed by atoms with E-state index in [1.54, 1.807) is 34.9 Å². The van der Waals surface area contributed by atoms with Crippen molar-refractivity contribution in [2.75, 3.05) is 12.9 Å². The second-order valence-corrected chi connectivity index (χ2v) is 9.98. The fourth-order valence-electron chi connectivity index (χ4n) is 2.87. The summed E-state index contributed by atoms with van der Waals surface area (Å²) in [5.74, 6) is -1.45. The standard InChI is InChI=1S/C20H19ClN2O5S2/c1-13-15(21)8-9-16-19(13)23(12-18(25)28-2)20(29-16)22-17(24)10-11-30(26,27)14-6-4-3-5-7-14/h3-9H,10-12H2,1-2H3. The molecule has 0 saturated carbocycles. The Labute approximate surface area is 182 Å². The highest BCUT2D eigenvalue weighted by molar-refractivity contribution is 7.91. The quantitative estimate of drug-likeness (QED) is 0.520. The summed E-state index contributed by atoms with van der Waals surface area (Å²) in [6.45, 7) is 1.66. The first kappa shape index (κ1) is 22.2. The number of fused-ring (bicyclic) bond motifs is 1. The molecule has 3 rings (SSSR count). The Bertz CT molecular complexity index is 1280. The zero-order valence-electron chi connectivity index (χ0n) is 16.3. The summed E-state index contributed by atoms with van der Waals surface area (Å²) in [5.41, 5.74) is 1.43. The number of methoxy groups -OCH3 is 1. The Balaban J connectivity index is 1.95. The van der Waals surface area contributed by atoms with Gasteiger partial charge in [0.2, 0.25) is 5.91 Å². The number of carbonyl (C=O) groups is 2. The number of rotatable bonds is 6. The van der Waals surface area contributed by atoms with Gasteiger partial charge in [-0.15, -0.1) is 0 Å². The van der Waals surface area contributed by atoms with Crippen LogP contribution >= 0.6 is 22.9 Å². The van der Waals surface area contributed by atoms with E-state index in [0.29, 0.717) is 10.5 Å². The number of hydrogen-bond donors (Lipinski definition) is 0. The smallest absolute Gasteiger partial charge is 0.325 e. The van der Waals surface area contributed by atoms with Gasteiger partial charge in [-0.25, -0.2) is 8.42 Å². The Hall–Kier alpha value is -2.49. The highest BCUT2D eigenvalue weighted by Crippen LogP contribution is 2.27. The van der Waals surface area contributed by atoms with Gasteiger partial charge in [-0.1, -0.05) is 41.1 Å². The third-order valence-corrected chi connectivity index (χ3v) is 7.64. The first-order valence-corrected chi connectivity index (χ1v) is 11.8. The van der Waals surface area contributed by atoms with Gasteiger partial charge in [0, 0.05) is 11.4 Å². The van der Waals surface area contributed by atoms with E-state index < -0.39 is 21.7 Å². The molecule has 1 heterocycles. The largest absolute Gasteiger partial charge is 0.468 e. The van der Waals surface area contributed by atoms with Crippen LogP contribution in [0, 0.1) is 6.92 Å². The van der Waals surface area contributed by atoms with Crippen molar-refractivity contribution in [3.8, 4) is 0 Å². The number of carbonyl (C=O) groups excluding carboxylic acids is 2. The van der Waals surface area contributed by atoms with Crippen molar-refractivity contribution in [1.29, 1.82) is 0 Å². The van der Waals surface area contributed by atoms with Crippen LogP contribution in [0.3, 0.4) is 0 Å². The number of amides is 1. The number of halogens is 1. The molecule has 30 heavy (non-hydrogen) atoms. The Morgan fingerprint density at radius 2 is 1.87 bits per heavy atom. The fraction of sp³-hybridized carbons (Fsp3) is 0.250. The summed E-state index contributed by atoms with van der Waals surface area (Å²) < 4.78 is 31.9. The minimum absolute atomic E-state index is 0.147. The number of thiazole rings is 1. The number of esters is 1. The molecule has 0 atom stereocenters. The normalized spacial score (nSPS) is 12.3. The molecular formula is C20H19ClN2O5S2. The fourth-order valence-corrected chi connectivity index (χ4v) is 5.38. The van der Waals surface area contributed by atoms with E-state index in [0.717, 1.165) is 10.3 Å². The molecule has 7 nitrogen and oxygen atoms in total. The molecule has 2 aromatic carbocycles. The van der Waals surface area contributed by atoms with Gasteiger partial charge in [0.1, 0.15) is 6.54 Å². The van der Waals surface area contributed by atoms with Crippen molar-refractivity contribution in [3.63, 3.8) is 0 Å². The lowest BCUT2D eigenvalue weighted by atomic mass is 10.2. The maximum absolute atomic E-state index is 12.4. The van der Waals surface area contributed by atoms with Crippen LogP contribution in [0.25, 0.3) is 10.2 Å². The van der Waals surface area contributed by atoms with Crippen LogP contribution < -0.4 is 4.80 Å². The number of aryl methyl sites for hydroxylation is 1. The van der Waals surface area contributed by atoms with Crippen molar-refractivity contribution >= 4 is 54.9 Å². The average Bonchev–Trinajstić information content (AvgIpc) is 3.07. The summed E-state index contributed by atoms with van der Waals surface area (Å²) in [7, 11) is -2.32. The summed E-state index contributed by atoms with van der Waals surface area (Å²) in [6, 6.07) is 11.5. The van der Waals surface area contributed by atoms with Crippen LogP contribution in [0.4, 0.5) is 0 Å². The maximum atomic E-state index is 12.4. The van der Waals surface area contributed by atoms with Crippen LogP contribution in [-0.2, 0) is 30.7 Å². The van der Waals surface area contributed by atoms with Crippen molar-refractivity contribution in [2.45, 2.75) is 24.8 Å². The zero-order chi connectivity index (χ0) is 21.9. The zero-order valence-corrected chi connectivity index (χ0v) is 18.7. The van der Waals surface area contributed by atoms with E-state index in [1.807, 2.05) is 6.92 Å². The van der Waals surface area contributed by atoms with Gasteiger partial charge < -0.3 is 9.30 Å². The van der Waals surface area contributed by atoms with Gasteiger partial charge in [0.05, 0.1) is 28.0 Å². The van der Waals surface area contributed by atoms with Crippen LogP contribution in [-0.4, -0.2) is 37.7 Å². The highest BCUT2D eigenvalue weighted by Gasteiger charge is 2.18. The summed E-state index contributed by atoms with van der Waals surface area (Å²) in [6.07, 6.45) is -0.274. The minimum Gasteiger partial charge on any atom is -0.468 e. The predicted octanol–water partition coefficient (Wildman–Crippen LogP) is 3.13. The molecule has 1 aromatic heterocycles. The van der Waals surface area contributed by atoms with Gasteiger partial charge in [0.15, 0.2) is 14.6 Å². The number of sulfone groups is 1. The Morgan fingerprint density at radius 3 is 2.53 bits per heavy atom. The van der Waals surface area contributed by atoms with Gasteiger partial charge in [0.25, 0.3) is 0 Å². The van der Waals surface area contributed by atoms with E-state index >= 15 is 0 Å². The van der Waals surface area contributed by atoms with Crippen molar-refractivity contribution in [3.05, 3.63) is 57.9 Å². The molecule has 0 N–H and O–H groups in total. The van der Waals surface area contributed by atoms with Crippen LogP contribution in [0.1, 0.15) is 12.0 Å². The van der Waals surface area contributed by atoms with E-state index in [-0.39, 0.29) is 28.4 Å². The minimum atomic E-state index is -3.59. The molecule has 0 aliphatic carbocycles. The molecule has 10 heteroatoms. The molecule has 0 aliphatic rings. The monoisotopic (exact) mass is 466 g/mol. The topological polar surface area (TPSA) is 94.8 Å². The highest BCUT2D eigenvalue weighted by atomic mass is 35.5. The van der Waals surface area contributed by atoms with Gasteiger partial charge in [-0.3, -0.25) is 9.59 Å². The average molecular weight is 467 g/mol. The number of benzene rings is 2. The molecule has 0 spiro atoms. The second kappa shape index (κ2) is 9.11. The summed E-state index contributed by atoms with van der Waals surface area (Å²) in [5, 5.41) is 0.519. The van der Waals surface area contributed by atoms with Gasteiger partial charge in [-0.05, 0) is 36.8 Å². The molecular weight excluding hydrogens is 448 g/mol. The van der Waals surface area contributed by atoms with E-state index in [4.69, 9.17) is 16.3 Å². The van der Waals surface area contributed by atoms with Gasteiger partial charge in [-0.2, -0.15) is 4.99 Å². The summed E-state index contributed by atoms with van der Waals surface area (Å²) in [4.78, 5) is 28.9. The van der Waals surface area contributed by atoms with Crippen LogP contribution in [0.2, 0.25) is 5.02 Å². The van der Waals surface area contributed by atoms with E-state index in [1.165, 1.54) is 30.6 Å². The SMILES string of the molecule is COC(=O)Cn1c(=NC(=O)CCS(=O)(=O)c2ccccc2)sc2ccc(Cl)c(C)c21. The number of ether oxygens (including phenoxy) is 1. The lowest BCUT2D eigenvalue weighted by Gasteiger charge is -2.07. The van der Waals surface area contributed by atoms with Crippen molar-refractivity contribution in [1.82, 2.24) is 4.57 Å². The maximum Gasteiger partial charge on any atom is 0.325 e. The third kappa shape index (κ3) is 4.80. The molecule has 3 aromatic rings. The Kier molecular flexibility index (Phi) is 6.74. The lowest BCUT2D eigenvalue weighted by Crippen LogP contribution is -2.23. The number of nitrogens with zero attached hydrogens (tertiary/aromatic N) is 2. The number of hydrogen-bond acceptors (Lipinski definition) is 6. The van der Waals surface area contributed by atoms with Crippen LogP contribution in [0.5, 0.6) is 0 Å². The molecule has 0 radical (unpaired) electrons. The lowest BCUT2D eigenvalue weighted by molar-refractivity contribution is -0.141. The molecule has 0 aliphatic heterocycles. The molecule has 158 valence electrons. The number of aromatic nitrogens is 1.